The number of carbonyl (C=O) groups excluding carboxylic acids is 1. The van der Waals surface area contributed by atoms with Crippen molar-refractivity contribution in [2.24, 2.45) is 17.3 Å². The Hall–Kier alpha value is -3.53. The summed E-state index contributed by atoms with van der Waals surface area (Å²) in [4.78, 5) is 13.2. The molecule has 132 valence electrons. The highest BCUT2D eigenvalue weighted by molar-refractivity contribution is 6.15. The number of hydrogen-bond donors (Lipinski definition) is 0. The molecule has 0 aliphatic rings. The number of para-hydroxylation sites is 1. The molecule has 0 aliphatic heterocycles. The highest BCUT2D eigenvalue weighted by Gasteiger charge is 2.22. The number of aryl methyl sites for hydroxylation is 2. The minimum Gasteiger partial charge on any atom is -0.339 e. The molecule has 0 amide bonds. The van der Waals surface area contributed by atoms with Crippen LogP contribution in [-0.2, 0) is 7.05 Å². The number of benzene rings is 3. The zero-order valence-corrected chi connectivity index (χ0v) is 15.3. The van der Waals surface area contributed by atoms with Gasteiger partial charge in [0.25, 0.3) is 0 Å². The van der Waals surface area contributed by atoms with Gasteiger partial charge in [-0.3, -0.25) is 4.79 Å². The zero-order chi connectivity index (χ0) is 18.8. The van der Waals surface area contributed by atoms with Gasteiger partial charge in [-0.15, -0.1) is 5.11 Å². The van der Waals surface area contributed by atoms with Crippen LogP contribution < -0.4 is 0 Å². The van der Waals surface area contributed by atoms with Gasteiger partial charge < -0.3 is 4.57 Å². The molecule has 4 heteroatoms. The van der Waals surface area contributed by atoms with Crippen molar-refractivity contribution in [3.8, 4) is 0 Å². The largest absolute Gasteiger partial charge is 0.339 e. The van der Waals surface area contributed by atoms with Crippen LogP contribution >= 0.6 is 0 Å². The molecule has 0 saturated heterocycles. The fourth-order valence-electron chi connectivity index (χ4n) is 3.24. The van der Waals surface area contributed by atoms with Gasteiger partial charge in [0, 0.05) is 18.0 Å². The molecule has 0 atom stereocenters. The summed E-state index contributed by atoms with van der Waals surface area (Å²) in [6.45, 7) is 1.99. The van der Waals surface area contributed by atoms with Crippen LogP contribution in [0.15, 0.2) is 89.1 Å². The predicted molar refractivity (Wildman–Crippen MR) is 108 cm³/mol. The second-order valence-electron chi connectivity index (χ2n) is 6.46. The molecular weight excluding hydrogens is 334 g/mol. The van der Waals surface area contributed by atoms with Gasteiger partial charge in [-0.05, 0) is 24.6 Å². The second-order valence-corrected chi connectivity index (χ2v) is 6.46. The van der Waals surface area contributed by atoms with Crippen molar-refractivity contribution < 1.29 is 4.79 Å². The topological polar surface area (TPSA) is 46.7 Å². The van der Waals surface area contributed by atoms with E-state index in [1.54, 1.807) is 0 Å². The van der Waals surface area contributed by atoms with E-state index < -0.39 is 0 Å². The number of azo groups is 1. The van der Waals surface area contributed by atoms with Crippen LogP contribution in [0.25, 0.3) is 10.9 Å². The molecule has 4 aromatic rings. The molecule has 0 spiro atoms. The maximum Gasteiger partial charge on any atom is 0.211 e. The Bertz CT molecular complexity index is 1160. The van der Waals surface area contributed by atoms with Gasteiger partial charge in [0.2, 0.25) is 5.78 Å². The number of hydrogen-bond acceptors (Lipinski definition) is 3. The summed E-state index contributed by atoms with van der Waals surface area (Å²) < 4.78 is 1.90. The van der Waals surface area contributed by atoms with Crippen LogP contribution in [-0.4, -0.2) is 10.4 Å². The lowest BCUT2D eigenvalue weighted by Gasteiger charge is -2.05. The van der Waals surface area contributed by atoms with Crippen molar-refractivity contribution >= 4 is 28.1 Å². The first kappa shape index (κ1) is 16.9. The Labute approximate surface area is 157 Å². The van der Waals surface area contributed by atoms with Crippen molar-refractivity contribution in [1.82, 2.24) is 4.57 Å². The minimum atomic E-state index is -0.0620. The third-order valence-corrected chi connectivity index (χ3v) is 4.70. The molecule has 1 aromatic heterocycles. The third-order valence-electron chi connectivity index (χ3n) is 4.70. The number of nitrogens with zero attached hydrogens (tertiary/aromatic N) is 3. The van der Waals surface area contributed by atoms with Gasteiger partial charge >= 0.3 is 0 Å². The highest BCUT2D eigenvalue weighted by Crippen LogP contribution is 2.35. The van der Waals surface area contributed by atoms with E-state index >= 15 is 0 Å². The first-order valence-corrected chi connectivity index (χ1v) is 8.81. The van der Waals surface area contributed by atoms with Crippen molar-refractivity contribution in [2.45, 2.75) is 6.92 Å². The predicted octanol–water partition coefficient (Wildman–Crippen LogP) is 6.13. The van der Waals surface area contributed by atoms with Gasteiger partial charge in [-0.1, -0.05) is 66.7 Å². The zero-order valence-electron chi connectivity index (χ0n) is 15.3. The molecule has 3 aromatic carbocycles. The smallest absolute Gasteiger partial charge is 0.211 e. The van der Waals surface area contributed by atoms with Crippen LogP contribution in [0.3, 0.4) is 0 Å². The third kappa shape index (κ3) is 3.06. The van der Waals surface area contributed by atoms with E-state index in [9.17, 15) is 4.79 Å². The summed E-state index contributed by atoms with van der Waals surface area (Å²) >= 11 is 0. The fraction of sp³-hybridized carbons (Fsp3) is 0.0870. The van der Waals surface area contributed by atoms with Crippen LogP contribution in [0.1, 0.15) is 21.6 Å². The Morgan fingerprint density at radius 3 is 2.26 bits per heavy atom. The molecule has 0 bridgehead atoms. The first-order chi connectivity index (χ1) is 13.2. The van der Waals surface area contributed by atoms with E-state index in [2.05, 4.69) is 10.2 Å². The summed E-state index contributed by atoms with van der Waals surface area (Å²) in [7, 11) is 1.89. The fourth-order valence-corrected chi connectivity index (χ4v) is 3.24. The Balaban J connectivity index is 1.91. The summed E-state index contributed by atoms with van der Waals surface area (Å²) in [5.74, 6) is -0.0620. The summed E-state index contributed by atoms with van der Waals surface area (Å²) in [5, 5.41) is 9.87. The number of rotatable bonds is 4. The van der Waals surface area contributed by atoms with E-state index in [0.717, 1.165) is 22.2 Å². The maximum absolute atomic E-state index is 13.2. The average molecular weight is 353 g/mol. The van der Waals surface area contributed by atoms with Crippen molar-refractivity contribution in [3.05, 3.63) is 95.7 Å². The molecule has 0 N–H and O–H groups in total. The minimum absolute atomic E-state index is 0.0620. The van der Waals surface area contributed by atoms with Gasteiger partial charge in [-0.25, -0.2) is 0 Å². The molecule has 0 saturated carbocycles. The monoisotopic (exact) mass is 353 g/mol. The molecule has 0 radical (unpaired) electrons. The SMILES string of the molecule is Cc1ccccc1/N=N/c1c(C(=O)c2ccccc2)n(C)c2ccccc12. The summed E-state index contributed by atoms with van der Waals surface area (Å²) in [6.07, 6.45) is 0. The maximum atomic E-state index is 13.2. The summed E-state index contributed by atoms with van der Waals surface area (Å²) in [6, 6.07) is 25.0. The molecular formula is C23H19N3O. The lowest BCUT2D eigenvalue weighted by Crippen LogP contribution is -2.07. The number of ketones is 1. The van der Waals surface area contributed by atoms with E-state index in [1.165, 1.54) is 0 Å². The quantitative estimate of drug-likeness (QED) is 0.321. The van der Waals surface area contributed by atoms with Crippen molar-refractivity contribution in [1.29, 1.82) is 0 Å². The highest BCUT2D eigenvalue weighted by atomic mass is 16.1. The second kappa shape index (κ2) is 7.00. The molecule has 0 aliphatic carbocycles. The van der Waals surface area contributed by atoms with Gasteiger partial charge in [0.1, 0.15) is 11.4 Å². The lowest BCUT2D eigenvalue weighted by molar-refractivity contribution is 0.103. The lowest BCUT2D eigenvalue weighted by atomic mass is 10.1. The van der Waals surface area contributed by atoms with E-state index in [0.29, 0.717) is 16.9 Å². The summed E-state index contributed by atoms with van der Waals surface area (Å²) in [5.41, 5.74) is 4.57. The molecule has 0 fully saturated rings. The van der Waals surface area contributed by atoms with E-state index in [-0.39, 0.29) is 5.78 Å². The molecule has 1 heterocycles. The van der Waals surface area contributed by atoms with Crippen molar-refractivity contribution in [2.75, 3.05) is 0 Å². The Morgan fingerprint density at radius 1 is 0.815 bits per heavy atom. The molecule has 4 nitrogen and oxygen atoms in total. The van der Waals surface area contributed by atoms with Gasteiger partial charge in [-0.2, -0.15) is 5.11 Å². The van der Waals surface area contributed by atoms with Crippen LogP contribution in [0.4, 0.5) is 11.4 Å². The van der Waals surface area contributed by atoms with Gasteiger partial charge in [0.05, 0.1) is 11.2 Å². The standard InChI is InChI=1S/C23H19N3O/c1-16-10-6-8-14-19(16)24-25-21-18-13-7-9-15-20(18)26(2)22(21)23(27)17-11-4-3-5-12-17/h3-15H,1-2H3/b25-24+. The number of carbonyl (C=O) groups is 1. The van der Waals surface area contributed by atoms with E-state index in [4.69, 9.17) is 0 Å². The van der Waals surface area contributed by atoms with Crippen LogP contribution in [0.5, 0.6) is 0 Å². The van der Waals surface area contributed by atoms with Crippen LogP contribution in [0.2, 0.25) is 0 Å². The molecule has 0 unspecified atom stereocenters. The molecule has 27 heavy (non-hydrogen) atoms. The number of aromatic nitrogens is 1. The number of fused-ring (bicyclic) bond motifs is 1. The van der Waals surface area contributed by atoms with Gasteiger partial charge in [0.15, 0.2) is 0 Å². The molecule has 4 rings (SSSR count). The Kier molecular flexibility index (Phi) is 4.38. The van der Waals surface area contributed by atoms with E-state index in [1.807, 2.05) is 97.4 Å². The first-order valence-electron chi connectivity index (χ1n) is 8.81. The van der Waals surface area contributed by atoms with Crippen LogP contribution in [0, 0.1) is 6.92 Å². The normalized spacial score (nSPS) is 11.3. The van der Waals surface area contributed by atoms with Crippen molar-refractivity contribution in [3.63, 3.8) is 0 Å². The average Bonchev–Trinajstić information content (AvgIpc) is 2.99. The Morgan fingerprint density at radius 2 is 1.48 bits per heavy atom.